The van der Waals surface area contributed by atoms with Crippen molar-refractivity contribution in [3.8, 4) is 11.5 Å². The first kappa shape index (κ1) is 33.1. The lowest BCUT2D eigenvalue weighted by atomic mass is 9.92. The molecule has 0 radical (unpaired) electrons. The van der Waals surface area contributed by atoms with Crippen LogP contribution in [0.2, 0.25) is 0 Å². The quantitative estimate of drug-likeness (QED) is 0.165. The van der Waals surface area contributed by atoms with E-state index in [1.807, 2.05) is 121 Å². The van der Waals surface area contributed by atoms with Gasteiger partial charge in [0.1, 0.15) is 36.9 Å². The number of hydrogen-bond donors (Lipinski definition) is 0. The number of rotatable bonds is 2. The van der Waals surface area contributed by atoms with Crippen LogP contribution in [-0.4, -0.2) is 38.1 Å². The Hall–Kier alpha value is -6.22. The lowest BCUT2D eigenvalue weighted by Gasteiger charge is -2.29. The van der Waals surface area contributed by atoms with E-state index in [0.29, 0.717) is 26.3 Å². The van der Waals surface area contributed by atoms with Crippen LogP contribution in [0.5, 0.6) is 11.5 Å². The first-order valence-corrected chi connectivity index (χ1v) is 19.4. The molecule has 12 rings (SSSR count). The summed E-state index contributed by atoms with van der Waals surface area (Å²) in [5.41, 5.74) is 5.67. The number of nitrogens with zero attached hydrogens (tertiary/aromatic N) is 2. The molecule has 2 amide bonds. The molecule has 0 N–H and O–H groups in total. The number of ether oxygens (including phenoxy) is 4. The van der Waals surface area contributed by atoms with Crippen molar-refractivity contribution in [1.29, 1.82) is 0 Å². The predicted molar refractivity (Wildman–Crippen MR) is 215 cm³/mol. The minimum absolute atomic E-state index is 0.0140. The first-order chi connectivity index (χ1) is 27.5. The molecule has 0 unspecified atom stereocenters. The Morgan fingerprint density at radius 1 is 0.536 bits per heavy atom. The summed E-state index contributed by atoms with van der Waals surface area (Å²) in [7, 11) is 0. The molecule has 6 aromatic rings. The number of carbonyl (C=O) groups excluding carboxylic acids is 2. The van der Waals surface area contributed by atoms with Gasteiger partial charge in [0.15, 0.2) is 11.2 Å². The van der Waals surface area contributed by atoms with Crippen molar-refractivity contribution < 1.29 is 28.5 Å². The molecule has 0 fully saturated rings. The van der Waals surface area contributed by atoms with Crippen LogP contribution in [0.25, 0.3) is 21.5 Å². The number of carbonyl (C=O) groups is 2. The van der Waals surface area contributed by atoms with Gasteiger partial charge in [0.25, 0.3) is 11.8 Å². The average Bonchev–Trinajstić information content (AvgIpc) is 3.96. The molecule has 0 aliphatic carbocycles. The highest BCUT2D eigenvalue weighted by molar-refractivity contribution is 6.10. The number of fused-ring (bicyclic) bond motifs is 14. The molecule has 0 saturated heterocycles. The zero-order valence-electron chi connectivity index (χ0n) is 31.0. The van der Waals surface area contributed by atoms with E-state index in [0.717, 1.165) is 77.8 Å². The number of anilines is 2. The minimum atomic E-state index is -1.06. The van der Waals surface area contributed by atoms with Crippen molar-refractivity contribution in [2.75, 3.05) is 36.1 Å². The summed E-state index contributed by atoms with van der Waals surface area (Å²) in [6.45, 7) is 6.11. The van der Waals surface area contributed by atoms with Gasteiger partial charge in [-0.05, 0) is 71.8 Å². The summed E-state index contributed by atoms with van der Waals surface area (Å²) in [5.74, 6) is 1.65. The van der Waals surface area contributed by atoms with Gasteiger partial charge in [0.05, 0.1) is 11.4 Å². The number of hydrogen-bond acceptors (Lipinski definition) is 6. The summed E-state index contributed by atoms with van der Waals surface area (Å²) >= 11 is 0. The fourth-order valence-corrected chi connectivity index (χ4v) is 9.69. The Balaban J connectivity index is 0.000000130. The number of amides is 2. The van der Waals surface area contributed by atoms with Crippen molar-refractivity contribution in [2.24, 2.45) is 0 Å². The van der Waals surface area contributed by atoms with Crippen molar-refractivity contribution in [2.45, 2.75) is 37.3 Å². The van der Waals surface area contributed by atoms with Crippen LogP contribution in [0.1, 0.15) is 48.3 Å². The van der Waals surface area contributed by atoms with E-state index < -0.39 is 11.2 Å². The number of para-hydroxylation sites is 2. The lowest BCUT2D eigenvalue weighted by molar-refractivity contribution is -0.139. The number of benzene rings is 6. The van der Waals surface area contributed by atoms with Gasteiger partial charge in [-0.25, -0.2) is 0 Å². The Bertz CT molecular complexity index is 2550. The Labute approximate surface area is 324 Å². The van der Waals surface area contributed by atoms with E-state index in [1.165, 1.54) is 0 Å². The third-order valence-corrected chi connectivity index (χ3v) is 12.2. The molecule has 6 heterocycles. The molecule has 6 aromatic carbocycles. The van der Waals surface area contributed by atoms with Gasteiger partial charge >= 0.3 is 0 Å². The molecule has 8 heteroatoms. The highest BCUT2D eigenvalue weighted by atomic mass is 16.5. The van der Waals surface area contributed by atoms with E-state index in [2.05, 4.69) is 36.4 Å². The molecule has 56 heavy (non-hydrogen) atoms. The topological polar surface area (TPSA) is 77.5 Å². The van der Waals surface area contributed by atoms with Gasteiger partial charge in [-0.2, -0.15) is 0 Å². The molecule has 0 bridgehead atoms. The molecule has 6 aliphatic rings. The summed E-state index contributed by atoms with van der Waals surface area (Å²) in [4.78, 5) is 30.5. The Morgan fingerprint density at radius 3 is 1.39 bits per heavy atom. The molecule has 6 aliphatic heterocycles. The van der Waals surface area contributed by atoms with Crippen molar-refractivity contribution in [3.63, 3.8) is 0 Å². The molecular formula is C48H38N2O6. The van der Waals surface area contributed by atoms with Crippen LogP contribution in [0.3, 0.4) is 0 Å². The summed E-state index contributed by atoms with van der Waals surface area (Å²) in [6, 6.07) is 40.5. The Morgan fingerprint density at radius 2 is 0.946 bits per heavy atom. The fourth-order valence-electron chi connectivity index (χ4n) is 9.69. The summed E-state index contributed by atoms with van der Waals surface area (Å²) in [6.07, 6.45) is 3.45. The molecule has 4 atom stereocenters. The van der Waals surface area contributed by atoms with E-state index in [9.17, 15) is 9.59 Å². The van der Waals surface area contributed by atoms with Crippen LogP contribution in [-0.2, 0) is 30.3 Å². The fraction of sp³-hybridized carbons (Fsp3) is 0.208. The highest BCUT2D eigenvalue weighted by Crippen LogP contribution is 2.57. The van der Waals surface area contributed by atoms with Crippen molar-refractivity contribution >= 4 is 44.7 Å². The van der Waals surface area contributed by atoms with Crippen LogP contribution in [0, 0.1) is 0 Å². The lowest BCUT2D eigenvalue weighted by Crippen LogP contribution is -2.39. The standard InChI is InChI=1S/2C24H19NO3/c2*1-2-25-19-10-6-5-9-18(19)24(23(25)26)13-16-14-27-20-12-11-15-7-3-4-8-17(15)21(20)22(16)28-24/h2*3-13,22H,2,14H2,1H3/t2*22-,24+/m10/s1. The summed E-state index contributed by atoms with van der Waals surface area (Å²) in [5, 5.41) is 4.51. The molecule has 0 saturated carbocycles. The average molecular weight is 739 g/mol. The maximum Gasteiger partial charge on any atom is 0.268 e. The second-order valence-corrected chi connectivity index (χ2v) is 15.0. The first-order valence-electron chi connectivity index (χ1n) is 19.4. The second kappa shape index (κ2) is 12.1. The van der Waals surface area contributed by atoms with Gasteiger partial charge in [0, 0.05) is 46.5 Å². The van der Waals surface area contributed by atoms with Gasteiger partial charge in [-0.3, -0.25) is 9.59 Å². The maximum absolute atomic E-state index is 13.5. The zero-order valence-corrected chi connectivity index (χ0v) is 31.0. The third-order valence-electron chi connectivity index (χ3n) is 12.2. The van der Waals surface area contributed by atoms with E-state index in [1.54, 1.807) is 0 Å². The monoisotopic (exact) mass is 738 g/mol. The largest absolute Gasteiger partial charge is 0.489 e. The van der Waals surface area contributed by atoms with Crippen LogP contribution < -0.4 is 19.3 Å². The zero-order chi connectivity index (χ0) is 37.8. The molecule has 0 aromatic heterocycles. The van der Waals surface area contributed by atoms with Crippen LogP contribution in [0.4, 0.5) is 11.4 Å². The van der Waals surface area contributed by atoms with E-state index >= 15 is 0 Å². The predicted octanol–water partition coefficient (Wildman–Crippen LogP) is 8.98. The van der Waals surface area contributed by atoms with Crippen molar-refractivity contribution in [1.82, 2.24) is 0 Å². The normalized spacial score (nSPS) is 24.8. The SMILES string of the molecule is CCN1C(=O)[C@@]2(C=C3COc4ccc5ccccc5c4[C@H]3O2)c2ccccc21.CCN1C(=O)[C@]2(C=C3COc4ccc5ccccc5c4[C@@H]3O2)c2ccccc21. The minimum Gasteiger partial charge on any atom is -0.489 e. The molecule has 276 valence electrons. The van der Waals surface area contributed by atoms with Gasteiger partial charge in [-0.1, -0.05) is 97.1 Å². The molecule has 2 spiro atoms. The van der Waals surface area contributed by atoms with E-state index in [-0.39, 0.29) is 24.0 Å². The molecular weight excluding hydrogens is 701 g/mol. The van der Waals surface area contributed by atoms with E-state index in [4.69, 9.17) is 18.9 Å². The van der Waals surface area contributed by atoms with Crippen molar-refractivity contribution in [3.05, 3.63) is 167 Å². The second-order valence-electron chi connectivity index (χ2n) is 15.0. The Kier molecular flexibility index (Phi) is 7.18. The maximum atomic E-state index is 13.5. The highest BCUT2D eigenvalue weighted by Gasteiger charge is 2.58. The molecule has 8 nitrogen and oxygen atoms in total. The van der Waals surface area contributed by atoms with Gasteiger partial charge < -0.3 is 28.7 Å². The van der Waals surface area contributed by atoms with Gasteiger partial charge in [-0.15, -0.1) is 0 Å². The summed E-state index contributed by atoms with van der Waals surface area (Å²) < 4.78 is 25.4. The smallest absolute Gasteiger partial charge is 0.268 e. The number of likely N-dealkylation sites (N-methyl/N-ethyl adjacent to an activating group) is 2. The van der Waals surface area contributed by atoms with Crippen LogP contribution >= 0.6 is 0 Å². The third kappa shape index (κ3) is 4.42. The van der Waals surface area contributed by atoms with Crippen LogP contribution in [0.15, 0.2) is 145 Å². The van der Waals surface area contributed by atoms with Gasteiger partial charge in [0.2, 0.25) is 0 Å².